The first-order valence-corrected chi connectivity index (χ1v) is 17.1. The third kappa shape index (κ3) is 7.52. The second-order valence-corrected chi connectivity index (χ2v) is 12.5. The molecule has 50 heavy (non-hydrogen) atoms. The summed E-state index contributed by atoms with van der Waals surface area (Å²) in [6, 6.07) is 40.1. The monoisotopic (exact) mass is 672 g/mol. The Labute approximate surface area is 294 Å². The van der Waals surface area contributed by atoms with Gasteiger partial charge in [0.1, 0.15) is 11.5 Å². The summed E-state index contributed by atoms with van der Waals surface area (Å²) in [6.45, 7) is 5.85. The van der Waals surface area contributed by atoms with E-state index in [1.165, 1.54) is 0 Å². The maximum atomic E-state index is 13.2. The van der Waals surface area contributed by atoms with Crippen LogP contribution in [0.5, 0.6) is 0 Å². The normalized spacial score (nSPS) is 16.1. The van der Waals surface area contributed by atoms with Crippen LogP contribution in [0.25, 0.3) is 0 Å². The van der Waals surface area contributed by atoms with Crippen LogP contribution in [0.3, 0.4) is 0 Å². The molecule has 0 spiro atoms. The van der Waals surface area contributed by atoms with E-state index in [1.807, 2.05) is 135 Å². The Morgan fingerprint density at radius 3 is 1.12 bits per heavy atom. The highest BCUT2D eigenvalue weighted by Crippen LogP contribution is 2.47. The molecule has 2 aliphatic heterocycles. The maximum absolute atomic E-state index is 13.2. The minimum atomic E-state index is -0.748. The molecular formula is C42H44N2O6. The smallest absolute Gasteiger partial charge is 0.250 e. The average Bonchev–Trinajstić information content (AvgIpc) is 3.72. The van der Waals surface area contributed by atoms with Gasteiger partial charge in [-0.05, 0) is 13.8 Å². The van der Waals surface area contributed by atoms with E-state index in [1.54, 1.807) is 0 Å². The molecule has 0 radical (unpaired) electrons. The van der Waals surface area contributed by atoms with Gasteiger partial charge in [0.15, 0.2) is 11.2 Å². The Morgan fingerprint density at radius 1 is 0.520 bits per heavy atom. The van der Waals surface area contributed by atoms with E-state index in [-0.39, 0.29) is 11.8 Å². The van der Waals surface area contributed by atoms with E-state index in [0.717, 1.165) is 22.3 Å². The molecule has 0 fully saturated rings. The summed E-state index contributed by atoms with van der Waals surface area (Å²) >= 11 is 0. The molecule has 8 nitrogen and oxygen atoms in total. The molecule has 0 bridgehead atoms. The van der Waals surface area contributed by atoms with Gasteiger partial charge in [-0.3, -0.25) is 9.59 Å². The van der Waals surface area contributed by atoms with E-state index >= 15 is 0 Å². The van der Waals surface area contributed by atoms with Crippen molar-refractivity contribution in [1.29, 1.82) is 0 Å². The third-order valence-corrected chi connectivity index (χ3v) is 9.30. The van der Waals surface area contributed by atoms with E-state index in [2.05, 4.69) is 10.6 Å². The summed E-state index contributed by atoms with van der Waals surface area (Å²) in [7, 11) is 0. The predicted octanol–water partition coefficient (Wildman–Crippen LogP) is 6.53. The molecule has 2 aliphatic rings. The topological polar surface area (TPSA) is 95.1 Å². The van der Waals surface area contributed by atoms with Crippen molar-refractivity contribution >= 4 is 11.8 Å². The van der Waals surface area contributed by atoms with Crippen LogP contribution >= 0.6 is 0 Å². The number of allylic oxidation sites excluding steroid dienone is 2. The van der Waals surface area contributed by atoms with Gasteiger partial charge in [-0.25, -0.2) is 0 Å². The Hall–Kier alpha value is -5.18. The van der Waals surface area contributed by atoms with Crippen LogP contribution in [-0.2, 0) is 39.7 Å². The molecular weight excluding hydrogens is 628 g/mol. The van der Waals surface area contributed by atoms with E-state index in [4.69, 9.17) is 18.9 Å². The fourth-order valence-corrected chi connectivity index (χ4v) is 6.76. The highest BCUT2D eigenvalue weighted by atomic mass is 16.5. The summed E-state index contributed by atoms with van der Waals surface area (Å²) in [6.07, 6.45) is 0.878. The van der Waals surface area contributed by atoms with Gasteiger partial charge in [0.05, 0.1) is 37.6 Å². The van der Waals surface area contributed by atoms with Gasteiger partial charge in [-0.2, -0.15) is 0 Å². The Kier molecular flexibility index (Phi) is 11.1. The molecule has 4 aromatic rings. The maximum Gasteiger partial charge on any atom is 0.250 e. The summed E-state index contributed by atoms with van der Waals surface area (Å²) in [5, 5.41) is 5.94. The number of rotatable bonds is 15. The highest BCUT2D eigenvalue weighted by molar-refractivity contribution is 5.95. The van der Waals surface area contributed by atoms with Crippen LogP contribution < -0.4 is 10.6 Å². The number of carbonyl (C=O) groups is 2. The lowest BCUT2D eigenvalue weighted by atomic mass is 9.82. The SMILES string of the molecule is CC1=C(C(=O)NCCOCCOCCNC(=O)C2=C(C)OC(c3ccccc3)(c3ccccc3)C2)CC(c2ccccc2)(c2ccccc2)O1. The minimum Gasteiger partial charge on any atom is -0.482 e. The first-order chi connectivity index (χ1) is 24.4. The van der Waals surface area contributed by atoms with Crippen LogP contribution in [0.15, 0.2) is 144 Å². The summed E-state index contributed by atoms with van der Waals surface area (Å²) in [5.74, 6) is 0.926. The molecule has 0 saturated carbocycles. The van der Waals surface area contributed by atoms with Crippen molar-refractivity contribution in [3.63, 3.8) is 0 Å². The molecule has 0 saturated heterocycles. The molecule has 6 rings (SSSR count). The molecule has 0 aromatic heterocycles. The van der Waals surface area contributed by atoms with Crippen molar-refractivity contribution in [1.82, 2.24) is 10.6 Å². The zero-order chi connectivity index (χ0) is 34.8. The van der Waals surface area contributed by atoms with Crippen molar-refractivity contribution in [3.05, 3.63) is 166 Å². The molecule has 2 amide bonds. The summed E-state index contributed by atoms with van der Waals surface area (Å²) in [5.41, 5.74) is 3.78. The summed E-state index contributed by atoms with van der Waals surface area (Å²) < 4.78 is 24.3. The molecule has 0 unspecified atom stereocenters. The van der Waals surface area contributed by atoms with E-state index < -0.39 is 11.2 Å². The van der Waals surface area contributed by atoms with Crippen LogP contribution in [-0.4, -0.2) is 51.3 Å². The second-order valence-electron chi connectivity index (χ2n) is 12.5. The van der Waals surface area contributed by atoms with Gasteiger partial charge in [-0.1, -0.05) is 121 Å². The highest BCUT2D eigenvalue weighted by Gasteiger charge is 2.45. The van der Waals surface area contributed by atoms with Gasteiger partial charge in [-0.15, -0.1) is 0 Å². The Balaban J connectivity index is 0.895. The van der Waals surface area contributed by atoms with Gasteiger partial charge in [0.2, 0.25) is 0 Å². The standard InChI is InChI=1S/C42H44N2O6/c1-31-37(29-41(49-31,33-15-7-3-8-16-33)34-17-9-4-10-18-34)39(45)43-23-25-47-27-28-48-26-24-44-40(46)38-30-42(50-32(38)2,35-19-11-5-12-20-35)36-21-13-6-14-22-36/h3-22H,23-30H2,1-2H3,(H,43,45)(H,44,46). The van der Waals surface area contributed by atoms with Gasteiger partial charge < -0.3 is 29.6 Å². The number of hydrogen-bond donors (Lipinski definition) is 2. The lowest BCUT2D eigenvalue weighted by Crippen LogP contribution is -2.32. The van der Waals surface area contributed by atoms with Crippen molar-refractivity contribution < 1.29 is 28.5 Å². The number of ether oxygens (including phenoxy) is 4. The predicted molar refractivity (Wildman–Crippen MR) is 192 cm³/mol. The zero-order valence-electron chi connectivity index (χ0n) is 28.7. The quantitative estimate of drug-likeness (QED) is 0.140. The Morgan fingerprint density at radius 2 is 0.820 bits per heavy atom. The molecule has 2 N–H and O–H groups in total. The largest absolute Gasteiger partial charge is 0.482 e. The van der Waals surface area contributed by atoms with Crippen molar-refractivity contribution in [2.45, 2.75) is 37.9 Å². The number of amides is 2. The third-order valence-electron chi connectivity index (χ3n) is 9.30. The molecule has 0 atom stereocenters. The fourth-order valence-electron chi connectivity index (χ4n) is 6.76. The second kappa shape index (κ2) is 16.0. The first-order valence-electron chi connectivity index (χ1n) is 17.1. The average molecular weight is 673 g/mol. The van der Waals surface area contributed by atoms with Crippen molar-refractivity contribution in [3.8, 4) is 0 Å². The lowest BCUT2D eigenvalue weighted by molar-refractivity contribution is -0.118. The number of nitrogens with one attached hydrogen (secondary N) is 2. The minimum absolute atomic E-state index is 0.158. The van der Waals surface area contributed by atoms with E-state index in [9.17, 15) is 9.59 Å². The first kappa shape index (κ1) is 34.7. The fraction of sp³-hybridized carbons (Fsp3) is 0.286. The zero-order valence-corrected chi connectivity index (χ0v) is 28.7. The van der Waals surface area contributed by atoms with Crippen LogP contribution in [0.4, 0.5) is 0 Å². The molecule has 258 valence electrons. The molecule has 4 aromatic carbocycles. The van der Waals surface area contributed by atoms with Crippen molar-refractivity contribution in [2.75, 3.05) is 39.5 Å². The molecule has 2 heterocycles. The van der Waals surface area contributed by atoms with Gasteiger partial charge in [0.25, 0.3) is 11.8 Å². The lowest BCUT2D eigenvalue weighted by Gasteiger charge is -2.31. The van der Waals surface area contributed by atoms with Crippen LogP contribution in [0, 0.1) is 0 Å². The van der Waals surface area contributed by atoms with Crippen LogP contribution in [0.2, 0.25) is 0 Å². The van der Waals surface area contributed by atoms with Gasteiger partial charge >= 0.3 is 0 Å². The van der Waals surface area contributed by atoms with E-state index in [0.29, 0.717) is 75.0 Å². The Bertz CT molecular complexity index is 1590. The summed E-state index contributed by atoms with van der Waals surface area (Å²) in [4.78, 5) is 26.4. The number of hydrogen-bond acceptors (Lipinski definition) is 6. The van der Waals surface area contributed by atoms with Crippen molar-refractivity contribution in [2.24, 2.45) is 0 Å². The molecule has 8 heteroatoms. The van der Waals surface area contributed by atoms with Crippen LogP contribution in [0.1, 0.15) is 48.9 Å². The molecule has 0 aliphatic carbocycles. The number of benzene rings is 4. The number of carbonyl (C=O) groups excluding carboxylic acids is 2. The van der Waals surface area contributed by atoms with Gasteiger partial charge in [0, 0.05) is 48.2 Å².